The van der Waals surface area contributed by atoms with E-state index in [1.165, 1.54) is 7.05 Å². The number of aliphatic hydroxyl groups is 1. The van der Waals surface area contributed by atoms with Crippen LogP contribution in [0.25, 0.3) is 0 Å². The van der Waals surface area contributed by atoms with Gasteiger partial charge < -0.3 is 5.11 Å². The van der Waals surface area contributed by atoms with Gasteiger partial charge in [-0.05, 0) is 0 Å². The van der Waals surface area contributed by atoms with Crippen LogP contribution in [0.2, 0.25) is 0 Å². The zero-order valence-electron chi connectivity index (χ0n) is 6.08. The van der Waals surface area contributed by atoms with Crippen LogP contribution in [0.5, 0.6) is 0 Å². The molecule has 1 heterocycles. The van der Waals surface area contributed by atoms with Crippen molar-refractivity contribution >= 4 is 0 Å². The maximum Gasteiger partial charge on any atom is 0.421 e. The Morgan fingerprint density at radius 2 is 2.17 bits per heavy atom. The molecule has 0 fully saturated rings. The molecule has 1 rings (SSSR count). The van der Waals surface area contributed by atoms with Crippen LogP contribution in [0.4, 0.5) is 13.2 Å². The smallest absolute Gasteiger partial charge is 0.377 e. The summed E-state index contributed by atoms with van der Waals surface area (Å²) in [5.41, 5.74) is 0. The minimum Gasteiger partial charge on any atom is -0.377 e. The Balaban J connectivity index is 2.85. The van der Waals surface area contributed by atoms with E-state index in [1.807, 2.05) is 0 Å². The zero-order valence-corrected chi connectivity index (χ0v) is 6.08. The number of hydrogen-bond donors (Lipinski definition) is 1. The molecule has 1 aromatic heterocycles. The first-order chi connectivity index (χ1) is 5.41. The van der Waals surface area contributed by atoms with Crippen molar-refractivity contribution in [3.63, 3.8) is 0 Å². The number of aromatic nitrogens is 3. The Morgan fingerprint density at radius 1 is 1.58 bits per heavy atom. The molecular weight excluding hydrogens is 175 g/mol. The second kappa shape index (κ2) is 2.74. The molecule has 1 atom stereocenters. The fourth-order valence-corrected chi connectivity index (χ4v) is 0.628. The van der Waals surface area contributed by atoms with Gasteiger partial charge in [0.2, 0.25) is 6.10 Å². The molecule has 0 aliphatic carbocycles. The first-order valence-corrected chi connectivity index (χ1v) is 3.01. The number of aliphatic hydroxyl groups excluding tert-OH is 1. The molecule has 7 heteroatoms. The Hall–Kier alpha value is -1.11. The number of rotatable bonds is 1. The van der Waals surface area contributed by atoms with Crippen LogP contribution >= 0.6 is 0 Å². The van der Waals surface area contributed by atoms with Crippen molar-refractivity contribution in [2.75, 3.05) is 0 Å². The van der Waals surface area contributed by atoms with E-state index in [0.717, 1.165) is 11.0 Å². The number of hydrogen-bond acceptors (Lipinski definition) is 3. The Morgan fingerprint density at radius 3 is 2.50 bits per heavy atom. The van der Waals surface area contributed by atoms with Crippen molar-refractivity contribution in [3.05, 3.63) is 12.2 Å². The van der Waals surface area contributed by atoms with Gasteiger partial charge in [-0.3, -0.25) is 4.68 Å². The van der Waals surface area contributed by atoms with Gasteiger partial charge in [0.25, 0.3) is 0 Å². The molecule has 0 amide bonds. The summed E-state index contributed by atoms with van der Waals surface area (Å²) in [5, 5.41) is 11.9. The van der Waals surface area contributed by atoms with Gasteiger partial charge in [0, 0.05) is 7.05 Å². The van der Waals surface area contributed by atoms with Gasteiger partial charge in [0.1, 0.15) is 6.33 Å². The molecule has 12 heavy (non-hydrogen) atoms. The SMILES string of the molecule is Cn1cnc(C(O)C(F)(F)F)n1. The largest absolute Gasteiger partial charge is 0.421 e. The van der Waals surface area contributed by atoms with Crippen LogP contribution in [0.3, 0.4) is 0 Å². The molecule has 1 aromatic rings. The summed E-state index contributed by atoms with van der Waals surface area (Å²) >= 11 is 0. The lowest BCUT2D eigenvalue weighted by atomic mass is 10.3. The van der Waals surface area contributed by atoms with Gasteiger partial charge in [0.05, 0.1) is 0 Å². The molecule has 0 radical (unpaired) electrons. The summed E-state index contributed by atoms with van der Waals surface area (Å²) in [5.74, 6) is -0.634. The van der Waals surface area contributed by atoms with E-state index in [4.69, 9.17) is 5.11 Å². The quantitative estimate of drug-likeness (QED) is 0.682. The predicted octanol–water partition coefficient (Wildman–Crippen LogP) is 0.411. The first kappa shape index (κ1) is 8.98. The van der Waals surface area contributed by atoms with E-state index in [0.29, 0.717) is 0 Å². The molecule has 0 bridgehead atoms. The summed E-state index contributed by atoms with van der Waals surface area (Å²) in [4.78, 5) is 3.26. The lowest BCUT2D eigenvalue weighted by Gasteiger charge is -2.09. The Labute approximate surface area is 65.6 Å². The highest BCUT2D eigenvalue weighted by molar-refractivity contribution is 4.90. The van der Waals surface area contributed by atoms with Crippen molar-refractivity contribution in [2.45, 2.75) is 12.3 Å². The average molecular weight is 181 g/mol. The maximum atomic E-state index is 11.8. The van der Waals surface area contributed by atoms with E-state index in [9.17, 15) is 13.2 Å². The van der Waals surface area contributed by atoms with Gasteiger partial charge in [0.15, 0.2) is 5.82 Å². The van der Waals surface area contributed by atoms with Crippen LogP contribution in [-0.2, 0) is 7.05 Å². The van der Waals surface area contributed by atoms with Gasteiger partial charge in [-0.1, -0.05) is 0 Å². The third-order valence-electron chi connectivity index (χ3n) is 1.17. The minimum absolute atomic E-state index is 0.634. The highest BCUT2D eigenvalue weighted by atomic mass is 19.4. The predicted molar refractivity (Wildman–Crippen MR) is 32.0 cm³/mol. The van der Waals surface area contributed by atoms with E-state index in [-0.39, 0.29) is 0 Å². The summed E-state index contributed by atoms with van der Waals surface area (Å²) in [6.45, 7) is 0. The van der Waals surface area contributed by atoms with Crippen LogP contribution in [0.15, 0.2) is 6.33 Å². The van der Waals surface area contributed by atoms with E-state index < -0.39 is 18.1 Å². The molecule has 0 saturated carbocycles. The molecule has 0 spiro atoms. The molecule has 1 N–H and O–H groups in total. The van der Waals surface area contributed by atoms with Crippen molar-refractivity contribution in [1.82, 2.24) is 14.8 Å². The van der Waals surface area contributed by atoms with Crippen LogP contribution in [0.1, 0.15) is 11.9 Å². The molecule has 0 saturated heterocycles. The molecule has 68 valence electrons. The van der Waals surface area contributed by atoms with Crippen LogP contribution in [0, 0.1) is 0 Å². The van der Waals surface area contributed by atoms with Gasteiger partial charge >= 0.3 is 6.18 Å². The normalized spacial score (nSPS) is 14.8. The van der Waals surface area contributed by atoms with Crippen LogP contribution < -0.4 is 0 Å². The number of alkyl halides is 3. The summed E-state index contributed by atoms with van der Waals surface area (Å²) in [6, 6.07) is 0. The zero-order chi connectivity index (χ0) is 9.35. The molecule has 4 nitrogen and oxygen atoms in total. The van der Waals surface area contributed by atoms with E-state index >= 15 is 0 Å². The molecule has 1 unspecified atom stereocenters. The van der Waals surface area contributed by atoms with Crippen molar-refractivity contribution in [2.24, 2.45) is 7.05 Å². The highest BCUT2D eigenvalue weighted by Gasteiger charge is 2.41. The lowest BCUT2D eigenvalue weighted by Crippen LogP contribution is -2.21. The number of aryl methyl sites for hydroxylation is 1. The second-order valence-electron chi connectivity index (χ2n) is 2.22. The highest BCUT2D eigenvalue weighted by Crippen LogP contribution is 2.29. The fourth-order valence-electron chi connectivity index (χ4n) is 0.628. The van der Waals surface area contributed by atoms with E-state index in [1.54, 1.807) is 0 Å². The molecule has 0 aromatic carbocycles. The third kappa shape index (κ3) is 1.73. The number of halogens is 3. The minimum atomic E-state index is -4.71. The Kier molecular flexibility index (Phi) is 2.05. The van der Waals surface area contributed by atoms with Crippen molar-refractivity contribution in [1.29, 1.82) is 0 Å². The second-order valence-corrected chi connectivity index (χ2v) is 2.22. The third-order valence-corrected chi connectivity index (χ3v) is 1.17. The fraction of sp³-hybridized carbons (Fsp3) is 0.600. The monoisotopic (exact) mass is 181 g/mol. The summed E-state index contributed by atoms with van der Waals surface area (Å²) in [6.07, 6.45) is -6.22. The van der Waals surface area contributed by atoms with Crippen LogP contribution in [-0.4, -0.2) is 26.0 Å². The standard InChI is InChI=1S/C5H6F3N3O/c1-11-2-9-4(10-11)3(12)5(6,7)8/h2-3,12H,1H3. The first-order valence-electron chi connectivity index (χ1n) is 3.01. The van der Waals surface area contributed by atoms with Crippen molar-refractivity contribution in [3.8, 4) is 0 Å². The van der Waals surface area contributed by atoms with Crippen molar-refractivity contribution < 1.29 is 18.3 Å². The average Bonchev–Trinajstić information content (AvgIpc) is 2.32. The number of nitrogens with zero attached hydrogens (tertiary/aromatic N) is 3. The maximum absolute atomic E-state index is 11.8. The van der Waals surface area contributed by atoms with Gasteiger partial charge in [-0.2, -0.15) is 18.3 Å². The summed E-state index contributed by atoms with van der Waals surface area (Å²) < 4.78 is 36.5. The lowest BCUT2D eigenvalue weighted by molar-refractivity contribution is -0.209. The summed E-state index contributed by atoms with van der Waals surface area (Å²) in [7, 11) is 1.42. The van der Waals surface area contributed by atoms with E-state index in [2.05, 4.69) is 10.1 Å². The van der Waals surface area contributed by atoms with Gasteiger partial charge in [-0.25, -0.2) is 4.98 Å². The molecular formula is C5H6F3N3O. The topological polar surface area (TPSA) is 50.9 Å². The van der Waals surface area contributed by atoms with Gasteiger partial charge in [-0.15, -0.1) is 0 Å². The Bertz CT molecular complexity index is 269. The molecule has 0 aliphatic rings. The molecule has 0 aliphatic heterocycles.